The highest BCUT2D eigenvalue weighted by molar-refractivity contribution is 5.93. The smallest absolute Gasteiger partial charge is 0.227 e. The van der Waals surface area contributed by atoms with Gasteiger partial charge in [-0.2, -0.15) is 0 Å². The van der Waals surface area contributed by atoms with E-state index in [1.807, 2.05) is 26.0 Å². The van der Waals surface area contributed by atoms with Gasteiger partial charge in [0.2, 0.25) is 5.91 Å². The second-order valence-corrected chi connectivity index (χ2v) is 5.08. The minimum absolute atomic E-state index is 0.0879. The number of benzene rings is 1. The molecular weight excluding hydrogens is 212 g/mol. The van der Waals surface area contributed by atoms with Crippen LogP contribution in [-0.4, -0.2) is 11.9 Å². The third kappa shape index (κ3) is 2.86. The van der Waals surface area contributed by atoms with Crippen molar-refractivity contribution in [3.05, 3.63) is 29.3 Å². The van der Waals surface area contributed by atoms with Crippen LogP contribution in [0, 0.1) is 19.8 Å². The van der Waals surface area contributed by atoms with Gasteiger partial charge in [-0.3, -0.25) is 4.79 Å². The second kappa shape index (κ2) is 4.88. The summed E-state index contributed by atoms with van der Waals surface area (Å²) in [6.45, 7) is 4.04. The Balaban J connectivity index is 2.05. The summed E-state index contributed by atoms with van der Waals surface area (Å²) in [4.78, 5) is 12.1. The molecule has 0 heterocycles. The number of carbonyl (C=O) groups excluding carboxylic acids is 1. The zero-order valence-electron chi connectivity index (χ0n) is 10.5. The molecule has 1 aliphatic carbocycles. The highest BCUT2D eigenvalue weighted by Gasteiger charge is 2.27. The van der Waals surface area contributed by atoms with E-state index in [0.29, 0.717) is 0 Å². The maximum atomic E-state index is 12.1. The van der Waals surface area contributed by atoms with Crippen LogP contribution in [0.15, 0.2) is 18.2 Å². The SMILES string of the molecule is Cc1ccc(C)c(NC(=O)C2CCC(N)C2)c1. The van der Waals surface area contributed by atoms with E-state index >= 15 is 0 Å². The zero-order chi connectivity index (χ0) is 12.4. The summed E-state index contributed by atoms with van der Waals surface area (Å²) in [5, 5.41) is 3.02. The maximum Gasteiger partial charge on any atom is 0.227 e. The first kappa shape index (κ1) is 12.1. The van der Waals surface area contributed by atoms with Gasteiger partial charge in [0.05, 0.1) is 0 Å². The molecular formula is C14H20N2O. The monoisotopic (exact) mass is 232 g/mol. The van der Waals surface area contributed by atoms with Crippen molar-refractivity contribution in [3.63, 3.8) is 0 Å². The van der Waals surface area contributed by atoms with E-state index in [-0.39, 0.29) is 17.9 Å². The Morgan fingerprint density at radius 2 is 2.12 bits per heavy atom. The Labute approximate surface area is 102 Å². The molecule has 3 nitrogen and oxygen atoms in total. The summed E-state index contributed by atoms with van der Waals surface area (Å²) in [6.07, 6.45) is 2.69. The number of carbonyl (C=O) groups is 1. The Bertz CT molecular complexity index is 428. The molecule has 3 heteroatoms. The van der Waals surface area contributed by atoms with Crippen molar-refractivity contribution < 1.29 is 4.79 Å². The van der Waals surface area contributed by atoms with Gasteiger partial charge in [0.15, 0.2) is 0 Å². The van der Waals surface area contributed by atoms with E-state index in [4.69, 9.17) is 5.73 Å². The highest BCUT2D eigenvalue weighted by Crippen LogP contribution is 2.26. The molecule has 1 amide bonds. The molecule has 0 saturated heterocycles. The molecule has 0 aromatic heterocycles. The van der Waals surface area contributed by atoms with Crippen molar-refractivity contribution in [2.45, 2.75) is 39.2 Å². The predicted molar refractivity (Wildman–Crippen MR) is 69.9 cm³/mol. The summed E-state index contributed by atoms with van der Waals surface area (Å²) in [5.41, 5.74) is 9.02. The average Bonchev–Trinajstić information content (AvgIpc) is 2.70. The molecule has 2 unspecified atom stereocenters. The van der Waals surface area contributed by atoms with E-state index in [1.54, 1.807) is 0 Å². The predicted octanol–water partition coefficient (Wildman–Crippen LogP) is 2.37. The molecule has 92 valence electrons. The van der Waals surface area contributed by atoms with E-state index in [1.165, 1.54) is 0 Å². The summed E-state index contributed by atoms with van der Waals surface area (Å²) >= 11 is 0. The quantitative estimate of drug-likeness (QED) is 0.822. The number of rotatable bonds is 2. The molecule has 2 atom stereocenters. The van der Waals surface area contributed by atoms with Crippen molar-refractivity contribution in [1.82, 2.24) is 0 Å². The van der Waals surface area contributed by atoms with E-state index in [0.717, 1.165) is 36.1 Å². The number of aryl methyl sites for hydroxylation is 2. The van der Waals surface area contributed by atoms with Gasteiger partial charge >= 0.3 is 0 Å². The van der Waals surface area contributed by atoms with Crippen LogP contribution in [-0.2, 0) is 4.79 Å². The zero-order valence-corrected chi connectivity index (χ0v) is 10.5. The van der Waals surface area contributed by atoms with Crippen molar-refractivity contribution in [2.24, 2.45) is 11.7 Å². The van der Waals surface area contributed by atoms with Crippen molar-refractivity contribution in [2.75, 3.05) is 5.32 Å². The largest absolute Gasteiger partial charge is 0.328 e. The fraction of sp³-hybridized carbons (Fsp3) is 0.500. The molecule has 1 aliphatic rings. The van der Waals surface area contributed by atoms with Gasteiger partial charge in [-0.15, -0.1) is 0 Å². The number of nitrogens with two attached hydrogens (primary N) is 1. The molecule has 0 aliphatic heterocycles. The molecule has 0 spiro atoms. The number of nitrogens with one attached hydrogen (secondary N) is 1. The van der Waals surface area contributed by atoms with Gasteiger partial charge in [0.1, 0.15) is 0 Å². The Hall–Kier alpha value is -1.35. The summed E-state index contributed by atoms with van der Waals surface area (Å²) in [6, 6.07) is 6.30. The van der Waals surface area contributed by atoms with E-state index in [9.17, 15) is 4.79 Å². The third-order valence-electron chi connectivity index (χ3n) is 3.49. The molecule has 0 radical (unpaired) electrons. The first-order valence-electron chi connectivity index (χ1n) is 6.20. The molecule has 2 rings (SSSR count). The van der Waals surface area contributed by atoms with Gasteiger partial charge in [0.25, 0.3) is 0 Å². The maximum absolute atomic E-state index is 12.1. The van der Waals surface area contributed by atoms with Crippen molar-refractivity contribution >= 4 is 11.6 Å². The van der Waals surface area contributed by atoms with Gasteiger partial charge in [-0.1, -0.05) is 12.1 Å². The van der Waals surface area contributed by atoms with Gasteiger partial charge < -0.3 is 11.1 Å². The van der Waals surface area contributed by atoms with Crippen LogP contribution < -0.4 is 11.1 Å². The minimum Gasteiger partial charge on any atom is -0.328 e. The Morgan fingerprint density at radius 1 is 1.35 bits per heavy atom. The third-order valence-corrected chi connectivity index (χ3v) is 3.49. The number of amides is 1. The molecule has 17 heavy (non-hydrogen) atoms. The van der Waals surface area contributed by atoms with Crippen molar-refractivity contribution in [3.8, 4) is 0 Å². The summed E-state index contributed by atoms with van der Waals surface area (Å²) < 4.78 is 0. The first-order chi connectivity index (χ1) is 8.06. The molecule has 3 N–H and O–H groups in total. The Morgan fingerprint density at radius 3 is 2.76 bits per heavy atom. The topological polar surface area (TPSA) is 55.1 Å². The van der Waals surface area contributed by atoms with Crippen LogP contribution in [0.3, 0.4) is 0 Å². The lowest BCUT2D eigenvalue weighted by Gasteiger charge is -2.13. The van der Waals surface area contributed by atoms with Gasteiger partial charge in [-0.05, 0) is 50.3 Å². The molecule has 1 saturated carbocycles. The van der Waals surface area contributed by atoms with Crippen LogP contribution >= 0.6 is 0 Å². The van der Waals surface area contributed by atoms with Crippen LogP contribution in [0.2, 0.25) is 0 Å². The van der Waals surface area contributed by atoms with Crippen molar-refractivity contribution in [1.29, 1.82) is 0 Å². The van der Waals surface area contributed by atoms with Gasteiger partial charge in [0, 0.05) is 17.6 Å². The second-order valence-electron chi connectivity index (χ2n) is 5.08. The lowest BCUT2D eigenvalue weighted by atomic mass is 10.1. The fourth-order valence-corrected chi connectivity index (χ4v) is 2.36. The molecule has 1 aromatic carbocycles. The number of hydrogen-bond donors (Lipinski definition) is 2. The van der Waals surface area contributed by atoms with Gasteiger partial charge in [-0.25, -0.2) is 0 Å². The average molecular weight is 232 g/mol. The number of anilines is 1. The summed E-state index contributed by atoms with van der Waals surface area (Å²) in [7, 11) is 0. The number of hydrogen-bond acceptors (Lipinski definition) is 2. The lowest BCUT2D eigenvalue weighted by molar-refractivity contribution is -0.119. The minimum atomic E-state index is 0.0879. The normalized spacial score (nSPS) is 23.7. The van der Waals surface area contributed by atoms with Crippen LogP contribution in [0.4, 0.5) is 5.69 Å². The summed E-state index contributed by atoms with van der Waals surface area (Å²) in [5.74, 6) is 0.205. The first-order valence-corrected chi connectivity index (χ1v) is 6.20. The van der Waals surface area contributed by atoms with Crippen LogP contribution in [0.25, 0.3) is 0 Å². The molecule has 1 aromatic rings. The standard InChI is InChI=1S/C14H20N2O/c1-9-3-4-10(2)13(7-9)16-14(17)11-5-6-12(15)8-11/h3-4,7,11-12H,5-6,8,15H2,1-2H3,(H,16,17). The van der Waals surface area contributed by atoms with E-state index < -0.39 is 0 Å². The molecule has 0 bridgehead atoms. The van der Waals surface area contributed by atoms with Crippen LogP contribution in [0.1, 0.15) is 30.4 Å². The van der Waals surface area contributed by atoms with E-state index in [2.05, 4.69) is 11.4 Å². The molecule has 1 fully saturated rings. The fourth-order valence-electron chi connectivity index (χ4n) is 2.36. The lowest BCUT2D eigenvalue weighted by Crippen LogP contribution is -2.23. The Kier molecular flexibility index (Phi) is 3.48. The van der Waals surface area contributed by atoms with Crippen LogP contribution in [0.5, 0.6) is 0 Å². The highest BCUT2D eigenvalue weighted by atomic mass is 16.1.